The number of carbonyl (C=O) groups is 1. The number of para-hydroxylation sites is 1. The third-order valence-electron chi connectivity index (χ3n) is 2.95. The average Bonchev–Trinajstić information content (AvgIpc) is 2.56. The van der Waals surface area contributed by atoms with Gasteiger partial charge in [0, 0.05) is 5.75 Å². The van der Waals surface area contributed by atoms with Crippen LogP contribution in [0.15, 0.2) is 58.8 Å². The highest BCUT2D eigenvalue weighted by Crippen LogP contribution is 2.32. The van der Waals surface area contributed by atoms with E-state index in [1.54, 1.807) is 48.2 Å². The second-order valence-electron chi connectivity index (χ2n) is 4.58. The molecule has 0 aliphatic carbocycles. The molecule has 2 rings (SSSR count). The number of anilines is 1. The minimum absolute atomic E-state index is 0.235. The van der Waals surface area contributed by atoms with Crippen molar-refractivity contribution in [3.63, 3.8) is 0 Å². The fourth-order valence-electron chi connectivity index (χ4n) is 1.77. The molecule has 0 fully saturated rings. The lowest BCUT2D eigenvalue weighted by Crippen LogP contribution is -2.01. The van der Waals surface area contributed by atoms with E-state index in [0.717, 1.165) is 15.6 Å². The van der Waals surface area contributed by atoms with E-state index in [9.17, 15) is 9.18 Å². The number of aromatic carboxylic acids is 1. The normalized spacial score (nSPS) is 11.3. The van der Waals surface area contributed by atoms with Crippen molar-refractivity contribution < 1.29 is 14.3 Å². The quantitative estimate of drug-likeness (QED) is 0.657. The fourth-order valence-corrected chi connectivity index (χ4v) is 3.48. The number of carboxylic acids is 1. The van der Waals surface area contributed by atoms with Crippen LogP contribution in [0.4, 0.5) is 10.1 Å². The van der Waals surface area contributed by atoms with Crippen LogP contribution in [0.3, 0.4) is 0 Å². The Morgan fingerprint density at radius 1 is 1.22 bits per heavy atom. The molecule has 2 N–H and O–H groups in total. The molecular weight excluding hydrogens is 333 g/mol. The molecular formula is C17H16FNO2S2. The summed E-state index contributed by atoms with van der Waals surface area (Å²) in [5.41, 5.74) is 1.83. The highest BCUT2D eigenvalue weighted by molar-refractivity contribution is 8.22. The van der Waals surface area contributed by atoms with Gasteiger partial charge in [0.15, 0.2) is 0 Å². The monoisotopic (exact) mass is 349 g/mol. The van der Waals surface area contributed by atoms with Crippen molar-refractivity contribution in [2.75, 3.05) is 4.72 Å². The standard InChI is InChI=1S/C17H16FNO2S2/c1-2-16(22-11-12-7-9-13(18)10-8-12)23-19-15-6-4-3-5-14(15)17(20)21/h2-10,19H,11H2,1H3,(H,20,21)/b16-2+. The summed E-state index contributed by atoms with van der Waals surface area (Å²) in [7, 11) is 0. The number of thioether (sulfide) groups is 1. The van der Waals surface area contributed by atoms with E-state index in [0.29, 0.717) is 5.69 Å². The molecule has 0 unspecified atom stereocenters. The van der Waals surface area contributed by atoms with Gasteiger partial charge in [0.25, 0.3) is 0 Å². The Morgan fingerprint density at radius 3 is 2.57 bits per heavy atom. The predicted molar refractivity (Wildman–Crippen MR) is 96.1 cm³/mol. The second kappa shape index (κ2) is 8.64. The van der Waals surface area contributed by atoms with E-state index < -0.39 is 5.97 Å². The first-order chi connectivity index (χ1) is 11.1. The van der Waals surface area contributed by atoms with Crippen molar-refractivity contribution in [3.8, 4) is 0 Å². The Kier molecular flexibility index (Phi) is 6.55. The highest BCUT2D eigenvalue weighted by atomic mass is 32.2. The summed E-state index contributed by atoms with van der Waals surface area (Å²) in [6.45, 7) is 1.92. The van der Waals surface area contributed by atoms with Gasteiger partial charge in [0.1, 0.15) is 5.82 Å². The molecule has 0 saturated heterocycles. The zero-order valence-electron chi connectivity index (χ0n) is 12.5. The third-order valence-corrected chi connectivity index (χ3v) is 5.31. The molecule has 0 radical (unpaired) electrons. The number of hydrogen-bond acceptors (Lipinski definition) is 4. The number of allylic oxidation sites excluding steroid dienone is 1. The second-order valence-corrected chi connectivity index (χ2v) is 6.70. The van der Waals surface area contributed by atoms with E-state index in [2.05, 4.69) is 4.72 Å². The van der Waals surface area contributed by atoms with Crippen molar-refractivity contribution in [2.45, 2.75) is 12.7 Å². The number of rotatable bonds is 7. The molecule has 23 heavy (non-hydrogen) atoms. The van der Waals surface area contributed by atoms with Gasteiger partial charge >= 0.3 is 5.97 Å². The summed E-state index contributed by atoms with van der Waals surface area (Å²) in [6.07, 6.45) is 1.95. The van der Waals surface area contributed by atoms with Crippen molar-refractivity contribution in [3.05, 3.63) is 75.8 Å². The molecule has 0 saturated carbocycles. The van der Waals surface area contributed by atoms with Crippen LogP contribution in [0.5, 0.6) is 0 Å². The molecule has 0 spiro atoms. The number of halogens is 1. The summed E-state index contributed by atoms with van der Waals surface area (Å²) >= 11 is 2.97. The molecule has 6 heteroatoms. The summed E-state index contributed by atoms with van der Waals surface area (Å²) in [5.74, 6) is -0.490. The van der Waals surface area contributed by atoms with Crippen molar-refractivity contribution >= 4 is 35.4 Å². The van der Waals surface area contributed by atoms with Crippen molar-refractivity contribution in [1.29, 1.82) is 0 Å². The summed E-state index contributed by atoms with van der Waals surface area (Å²) in [6, 6.07) is 13.2. The molecule has 3 nitrogen and oxygen atoms in total. The first-order valence-electron chi connectivity index (χ1n) is 6.89. The van der Waals surface area contributed by atoms with Gasteiger partial charge in [-0.05, 0) is 48.7 Å². The van der Waals surface area contributed by atoms with Gasteiger partial charge in [-0.1, -0.05) is 30.3 Å². The molecule has 0 aliphatic heterocycles. The summed E-state index contributed by atoms with van der Waals surface area (Å²) < 4.78 is 17.0. The third kappa shape index (κ3) is 5.33. The molecule has 2 aromatic rings. The summed E-state index contributed by atoms with van der Waals surface area (Å²) in [5, 5.41) is 9.16. The Bertz CT molecular complexity index is 702. The van der Waals surface area contributed by atoms with Gasteiger partial charge in [0.05, 0.1) is 15.5 Å². The van der Waals surface area contributed by atoms with Crippen LogP contribution < -0.4 is 4.72 Å². The number of carboxylic acid groups (broad SMARTS) is 1. The molecule has 120 valence electrons. The van der Waals surface area contributed by atoms with Gasteiger partial charge < -0.3 is 9.83 Å². The topological polar surface area (TPSA) is 49.3 Å². The van der Waals surface area contributed by atoms with Crippen LogP contribution in [0, 0.1) is 5.82 Å². The molecule has 0 aliphatic rings. The molecule has 0 amide bonds. The molecule has 0 bridgehead atoms. The largest absolute Gasteiger partial charge is 0.478 e. The Hall–Kier alpha value is -1.92. The van der Waals surface area contributed by atoms with Crippen molar-refractivity contribution in [2.24, 2.45) is 0 Å². The van der Waals surface area contributed by atoms with Gasteiger partial charge in [-0.15, -0.1) is 11.8 Å². The van der Waals surface area contributed by atoms with E-state index in [1.807, 2.05) is 13.0 Å². The zero-order valence-corrected chi connectivity index (χ0v) is 14.1. The fraction of sp³-hybridized carbons (Fsp3) is 0.118. The van der Waals surface area contributed by atoms with Crippen LogP contribution in [0.25, 0.3) is 0 Å². The minimum atomic E-state index is -0.963. The van der Waals surface area contributed by atoms with Crippen molar-refractivity contribution in [1.82, 2.24) is 0 Å². The predicted octanol–water partition coefficient (Wildman–Crippen LogP) is 5.38. The van der Waals surface area contributed by atoms with Crippen LogP contribution in [0.1, 0.15) is 22.8 Å². The molecule has 0 aromatic heterocycles. The van der Waals surface area contributed by atoms with Crippen LogP contribution in [0.2, 0.25) is 0 Å². The molecule has 2 aromatic carbocycles. The first kappa shape index (κ1) is 17.4. The van der Waals surface area contributed by atoms with Crippen LogP contribution in [-0.2, 0) is 5.75 Å². The lowest BCUT2D eigenvalue weighted by molar-refractivity contribution is 0.0698. The first-order valence-corrected chi connectivity index (χ1v) is 8.69. The maximum absolute atomic E-state index is 12.9. The average molecular weight is 349 g/mol. The lowest BCUT2D eigenvalue weighted by atomic mass is 10.2. The van der Waals surface area contributed by atoms with Crippen LogP contribution >= 0.6 is 23.7 Å². The van der Waals surface area contributed by atoms with E-state index in [4.69, 9.17) is 5.11 Å². The smallest absolute Gasteiger partial charge is 0.337 e. The van der Waals surface area contributed by atoms with Gasteiger partial charge in [-0.25, -0.2) is 9.18 Å². The maximum atomic E-state index is 12.9. The number of nitrogens with one attached hydrogen (secondary N) is 1. The Morgan fingerprint density at radius 2 is 1.91 bits per heavy atom. The molecule has 0 atom stereocenters. The Labute approximate surface area is 143 Å². The van der Waals surface area contributed by atoms with Gasteiger partial charge in [-0.3, -0.25) is 0 Å². The lowest BCUT2D eigenvalue weighted by Gasteiger charge is -2.10. The van der Waals surface area contributed by atoms with Crippen LogP contribution in [-0.4, -0.2) is 11.1 Å². The minimum Gasteiger partial charge on any atom is -0.478 e. The van der Waals surface area contributed by atoms with Gasteiger partial charge in [0.2, 0.25) is 0 Å². The number of benzene rings is 2. The SMILES string of the molecule is C/C=C(\SCc1ccc(F)cc1)SNc1ccccc1C(=O)O. The molecule has 0 heterocycles. The zero-order chi connectivity index (χ0) is 16.7. The highest BCUT2D eigenvalue weighted by Gasteiger charge is 2.09. The number of hydrogen-bond donors (Lipinski definition) is 2. The van der Waals surface area contributed by atoms with E-state index in [-0.39, 0.29) is 11.4 Å². The maximum Gasteiger partial charge on any atom is 0.337 e. The van der Waals surface area contributed by atoms with E-state index >= 15 is 0 Å². The summed E-state index contributed by atoms with van der Waals surface area (Å²) in [4.78, 5) is 11.2. The van der Waals surface area contributed by atoms with Gasteiger partial charge in [-0.2, -0.15) is 0 Å². The van der Waals surface area contributed by atoms with E-state index in [1.165, 1.54) is 24.1 Å². The Balaban J connectivity index is 1.93.